The largest absolute Gasteiger partial charge is 0.383 e. The second-order valence-corrected chi connectivity index (χ2v) is 6.73. The van der Waals surface area contributed by atoms with Crippen LogP contribution in [0.5, 0.6) is 0 Å². The first-order valence-electron chi connectivity index (χ1n) is 6.04. The molecule has 0 fully saturated rings. The monoisotopic (exact) mass is 371 g/mol. The van der Waals surface area contributed by atoms with Crippen molar-refractivity contribution in [1.82, 2.24) is 19.7 Å². The maximum Gasteiger partial charge on any atom is 0.165 e. The van der Waals surface area contributed by atoms with Crippen molar-refractivity contribution in [2.45, 2.75) is 33.1 Å². The number of hydrogen-bond donors (Lipinski definition) is 1. The lowest BCUT2D eigenvalue weighted by Gasteiger charge is -2.17. The number of aryl methyl sites for hydroxylation is 2. The summed E-state index contributed by atoms with van der Waals surface area (Å²) in [6.07, 6.45) is 1.95. The lowest BCUT2D eigenvalue weighted by molar-refractivity contribution is 0.554. The van der Waals surface area contributed by atoms with E-state index in [1.807, 2.05) is 20.2 Å². The van der Waals surface area contributed by atoms with Gasteiger partial charge in [0.05, 0.1) is 20.5 Å². The molecule has 2 heterocycles. The van der Waals surface area contributed by atoms with Crippen LogP contribution in [0, 0.1) is 10.5 Å². The molecule has 0 saturated heterocycles. The topological polar surface area (TPSA) is 69.6 Å². The molecule has 0 unspecified atom stereocenters. The van der Waals surface area contributed by atoms with E-state index in [9.17, 15) is 0 Å². The van der Waals surface area contributed by atoms with E-state index in [4.69, 9.17) is 5.73 Å². The summed E-state index contributed by atoms with van der Waals surface area (Å²) in [6, 6.07) is 0. The third-order valence-corrected chi connectivity index (χ3v) is 4.16. The Hall–Kier alpha value is -1.18. The fourth-order valence-electron chi connectivity index (χ4n) is 1.91. The Kier molecular flexibility index (Phi) is 3.55. The van der Waals surface area contributed by atoms with E-state index in [1.54, 1.807) is 4.68 Å². The van der Waals surface area contributed by atoms with Crippen LogP contribution >= 0.6 is 22.6 Å². The Morgan fingerprint density at radius 2 is 1.89 bits per heavy atom. The van der Waals surface area contributed by atoms with E-state index in [1.165, 1.54) is 0 Å². The maximum absolute atomic E-state index is 5.94. The highest BCUT2D eigenvalue weighted by molar-refractivity contribution is 14.1. The number of nitrogens with two attached hydrogens (primary N) is 1. The number of anilines is 1. The number of hydrogen-bond acceptors (Lipinski definition) is 4. The standard InChI is InChI=1S/C13H18IN5/c1-7-9(14)11(15)17-12(16-7)8-6-19(5)18-10(8)13(2,3)4/h6H,1-5H3,(H2,15,16,17). The molecule has 0 amide bonds. The van der Waals surface area contributed by atoms with Crippen LogP contribution in [-0.2, 0) is 12.5 Å². The van der Waals surface area contributed by atoms with Gasteiger partial charge < -0.3 is 5.73 Å². The summed E-state index contributed by atoms with van der Waals surface area (Å²) in [5, 5.41) is 4.53. The number of nitrogens with zero attached hydrogens (tertiary/aromatic N) is 4. The molecule has 0 aromatic carbocycles. The normalized spacial score (nSPS) is 11.9. The van der Waals surface area contributed by atoms with Gasteiger partial charge in [-0.3, -0.25) is 4.68 Å². The third kappa shape index (κ3) is 2.72. The third-order valence-electron chi connectivity index (χ3n) is 2.82. The molecule has 0 aliphatic rings. The van der Waals surface area contributed by atoms with E-state index in [2.05, 4.69) is 58.4 Å². The van der Waals surface area contributed by atoms with Crippen LogP contribution in [0.4, 0.5) is 5.82 Å². The molecule has 19 heavy (non-hydrogen) atoms. The zero-order valence-electron chi connectivity index (χ0n) is 11.8. The van der Waals surface area contributed by atoms with E-state index < -0.39 is 0 Å². The minimum absolute atomic E-state index is 0.0639. The van der Waals surface area contributed by atoms with Gasteiger partial charge in [-0.1, -0.05) is 20.8 Å². The number of nitrogen functional groups attached to an aromatic ring is 1. The van der Waals surface area contributed by atoms with Gasteiger partial charge in [-0.2, -0.15) is 5.10 Å². The highest BCUT2D eigenvalue weighted by atomic mass is 127. The van der Waals surface area contributed by atoms with Gasteiger partial charge in [0.15, 0.2) is 5.82 Å². The Labute approximate surface area is 126 Å². The summed E-state index contributed by atoms with van der Waals surface area (Å²) >= 11 is 2.16. The van der Waals surface area contributed by atoms with Crippen LogP contribution in [0.15, 0.2) is 6.20 Å². The smallest absolute Gasteiger partial charge is 0.165 e. The molecule has 2 N–H and O–H groups in total. The van der Waals surface area contributed by atoms with Gasteiger partial charge in [0.1, 0.15) is 5.82 Å². The number of aromatic nitrogens is 4. The molecule has 2 rings (SSSR count). The molecular formula is C13H18IN5. The molecule has 102 valence electrons. The van der Waals surface area contributed by atoms with Gasteiger partial charge >= 0.3 is 0 Å². The molecule has 0 bridgehead atoms. The first-order valence-corrected chi connectivity index (χ1v) is 7.12. The fourth-order valence-corrected chi connectivity index (χ4v) is 2.15. The molecule has 0 aliphatic carbocycles. The van der Waals surface area contributed by atoms with Gasteiger partial charge in [-0.15, -0.1) is 0 Å². The van der Waals surface area contributed by atoms with E-state index >= 15 is 0 Å². The average molecular weight is 371 g/mol. The van der Waals surface area contributed by atoms with Gasteiger partial charge in [0.2, 0.25) is 0 Å². The molecule has 5 nitrogen and oxygen atoms in total. The van der Waals surface area contributed by atoms with Crippen molar-refractivity contribution < 1.29 is 0 Å². The van der Waals surface area contributed by atoms with Gasteiger partial charge in [0.25, 0.3) is 0 Å². The van der Waals surface area contributed by atoms with E-state index in [-0.39, 0.29) is 5.41 Å². The highest BCUT2D eigenvalue weighted by Crippen LogP contribution is 2.31. The minimum Gasteiger partial charge on any atom is -0.383 e. The molecule has 0 aliphatic heterocycles. The molecule has 0 saturated carbocycles. The molecule has 0 radical (unpaired) electrons. The summed E-state index contributed by atoms with van der Waals surface area (Å²) < 4.78 is 2.70. The van der Waals surface area contributed by atoms with E-state index in [0.717, 1.165) is 20.5 Å². The van der Waals surface area contributed by atoms with Crippen molar-refractivity contribution in [3.8, 4) is 11.4 Å². The quantitative estimate of drug-likeness (QED) is 0.783. The van der Waals surface area contributed by atoms with Crippen LogP contribution in [0.25, 0.3) is 11.4 Å². The van der Waals surface area contributed by atoms with Crippen molar-refractivity contribution in [3.63, 3.8) is 0 Å². The summed E-state index contributed by atoms with van der Waals surface area (Å²) in [6.45, 7) is 8.32. The predicted octanol–water partition coefficient (Wildman–Crippen LogP) is 2.67. The average Bonchev–Trinajstić information content (AvgIpc) is 2.67. The van der Waals surface area contributed by atoms with Crippen LogP contribution < -0.4 is 5.73 Å². The van der Waals surface area contributed by atoms with Crippen molar-refractivity contribution in [2.24, 2.45) is 7.05 Å². The molecule has 2 aromatic heterocycles. The summed E-state index contributed by atoms with van der Waals surface area (Å²) in [7, 11) is 1.90. The van der Waals surface area contributed by atoms with Gasteiger partial charge in [-0.05, 0) is 29.5 Å². The van der Waals surface area contributed by atoms with Crippen LogP contribution in [0.3, 0.4) is 0 Å². The van der Waals surface area contributed by atoms with E-state index in [0.29, 0.717) is 11.6 Å². The maximum atomic E-state index is 5.94. The van der Waals surface area contributed by atoms with Crippen LogP contribution in [0.1, 0.15) is 32.2 Å². The molecular weight excluding hydrogens is 353 g/mol. The first kappa shape index (κ1) is 14.2. The predicted molar refractivity (Wildman–Crippen MR) is 84.8 cm³/mol. The van der Waals surface area contributed by atoms with Crippen molar-refractivity contribution in [2.75, 3.05) is 5.73 Å². The molecule has 2 aromatic rings. The van der Waals surface area contributed by atoms with Crippen LogP contribution in [0.2, 0.25) is 0 Å². The second kappa shape index (κ2) is 4.73. The van der Waals surface area contributed by atoms with Crippen molar-refractivity contribution in [1.29, 1.82) is 0 Å². The van der Waals surface area contributed by atoms with Gasteiger partial charge in [0, 0.05) is 18.7 Å². The van der Waals surface area contributed by atoms with Crippen molar-refractivity contribution >= 4 is 28.4 Å². The Morgan fingerprint density at radius 1 is 1.26 bits per heavy atom. The fraction of sp³-hybridized carbons (Fsp3) is 0.462. The summed E-state index contributed by atoms with van der Waals surface area (Å²) in [4.78, 5) is 8.94. The molecule has 0 spiro atoms. The Balaban J connectivity index is 2.66. The Bertz CT molecular complexity index is 601. The zero-order chi connectivity index (χ0) is 14.4. The summed E-state index contributed by atoms with van der Waals surface area (Å²) in [5.41, 5.74) is 8.70. The highest BCUT2D eigenvalue weighted by Gasteiger charge is 2.24. The molecule has 0 atom stereocenters. The number of halogens is 1. The minimum atomic E-state index is -0.0639. The van der Waals surface area contributed by atoms with Crippen LogP contribution in [-0.4, -0.2) is 19.7 Å². The Morgan fingerprint density at radius 3 is 2.42 bits per heavy atom. The lowest BCUT2D eigenvalue weighted by Crippen LogP contribution is -2.14. The zero-order valence-corrected chi connectivity index (χ0v) is 14.0. The second-order valence-electron chi connectivity index (χ2n) is 5.65. The number of rotatable bonds is 1. The van der Waals surface area contributed by atoms with Gasteiger partial charge in [-0.25, -0.2) is 9.97 Å². The van der Waals surface area contributed by atoms with Crippen molar-refractivity contribution in [3.05, 3.63) is 21.2 Å². The SMILES string of the molecule is Cc1nc(-c2cn(C)nc2C(C)(C)C)nc(N)c1I. The molecule has 6 heteroatoms. The first-order chi connectivity index (χ1) is 8.70. The lowest BCUT2D eigenvalue weighted by atomic mass is 9.89. The summed E-state index contributed by atoms with van der Waals surface area (Å²) in [5.74, 6) is 1.17.